The number of hydrogen-bond acceptors (Lipinski definition) is 2. The van der Waals surface area contributed by atoms with Crippen molar-refractivity contribution >= 4 is 17.6 Å². The molecule has 25 heavy (non-hydrogen) atoms. The number of carbonyl (C=O) groups is 1. The first-order valence-electron chi connectivity index (χ1n) is 8.66. The van der Waals surface area contributed by atoms with Crippen molar-refractivity contribution in [3.8, 4) is 5.75 Å². The van der Waals surface area contributed by atoms with Crippen LogP contribution in [0.25, 0.3) is 11.6 Å². The largest absolute Gasteiger partial charge is 0.508 e. The molecule has 2 aromatic carbocycles. The molecule has 3 rings (SSSR count). The molecule has 0 aromatic heterocycles. The second-order valence-corrected chi connectivity index (χ2v) is 6.38. The summed E-state index contributed by atoms with van der Waals surface area (Å²) in [5, 5.41) is 18.3. The van der Waals surface area contributed by atoms with Crippen molar-refractivity contribution in [3.63, 3.8) is 0 Å². The topological polar surface area (TPSA) is 57.5 Å². The van der Waals surface area contributed by atoms with Gasteiger partial charge in [0.25, 0.3) is 0 Å². The van der Waals surface area contributed by atoms with Crippen LogP contribution in [0.4, 0.5) is 0 Å². The van der Waals surface area contributed by atoms with E-state index in [4.69, 9.17) is 5.11 Å². The highest BCUT2D eigenvalue weighted by molar-refractivity contribution is 5.86. The number of carboxylic acids is 1. The SMILES string of the molecule is O=C(O)C=Cc1ccc(C(=C2CCCCC2)c2ccc(O)cc2)cc1. The predicted molar refractivity (Wildman–Crippen MR) is 100 cm³/mol. The summed E-state index contributed by atoms with van der Waals surface area (Å²) in [6.07, 6.45) is 8.68. The summed E-state index contributed by atoms with van der Waals surface area (Å²) in [5.41, 5.74) is 5.82. The van der Waals surface area contributed by atoms with Crippen molar-refractivity contribution in [3.05, 3.63) is 76.9 Å². The number of phenols is 1. The highest BCUT2D eigenvalue weighted by Crippen LogP contribution is 2.35. The van der Waals surface area contributed by atoms with Gasteiger partial charge in [-0.3, -0.25) is 0 Å². The van der Waals surface area contributed by atoms with Gasteiger partial charge in [-0.05, 0) is 66.2 Å². The van der Waals surface area contributed by atoms with Gasteiger partial charge < -0.3 is 10.2 Å². The van der Waals surface area contributed by atoms with Gasteiger partial charge in [0, 0.05) is 6.08 Å². The lowest BCUT2D eigenvalue weighted by molar-refractivity contribution is -0.131. The van der Waals surface area contributed by atoms with Crippen LogP contribution >= 0.6 is 0 Å². The highest BCUT2D eigenvalue weighted by Gasteiger charge is 2.15. The standard InChI is InChI=1S/C22H22O3/c23-20-13-11-19(12-14-20)22(17-4-2-1-3-5-17)18-9-6-16(7-10-18)8-15-21(24)25/h6-15,23H,1-5H2,(H,24,25). The number of allylic oxidation sites excluding steroid dienone is 1. The van der Waals surface area contributed by atoms with E-state index in [0.717, 1.165) is 35.6 Å². The maximum Gasteiger partial charge on any atom is 0.328 e. The zero-order valence-electron chi connectivity index (χ0n) is 14.1. The highest BCUT2D eigenvalue weighted by atomic mass is 16.4. The van der Waals surface area contributed by atoms with Gasteiger partial charge in [-0.2, -0.15) is 0 Å². The summed E-state index contributed by atoms with van der Waals surface area (Å²) in [7, 11) is 0. The van der Waals surface area contributed by atoms with Gasteiger partial charge in [-0.1, -0.05) is 48.4 Å². The van der Waals surface area contributed by atoms with Gasteiger partial charge in [0.15, 0.2) is 0 Å². The maximum atomic E-state index is 10.7. The Balaban J connectivity index is 2.00. The minimum absolute atomic E-state index is 0.269. The number of hydrogen-bond donors (Lipinski definition) is 2. The summed E-state index contributed by atoms with van der Waals surface area (Å²) >= 11 is 0. The second kappa shape index (κ2) is 7.84. The molecule has 0 atom stereocenters. The van der Waals surface area contributed by atoms with Crippen LogP contribution in [0.3, 0.4) is 0 Å². The fourth-order valence-electron chi connectivity index (χ4n) is 3.36. The molecule has 1 aliphatic rings. The first-order chi connectivity index (χ1) is 12.1. The number of benzene rings is 2. The van der Waals surface area contributed by atoms with Crippen molar-refractivity contribution in [2.24, 2.45) is 0 Å². The van der Waals surface area contributed by atoms with Gasteiger partial charge in [0.2, 0.25) is 0 Å². The van der Waals surface area contributed by atoms with E-state index in [1.165, 1.54) is 30.4 Å². The van der Waals surface area contributed by atoms with Gasteiger partial charge >= 0.3 is 5.97 Å². The Bertz CT molecular complexity index is 788. The molecule has 0 aliphatic heterocycles. The number of aromatic hydroxyl groups is 1. The quantitative estimate of drug-likeness (QED) is 0.750. The monoisotopic (exact) mass is 334 g/mol. The lowest BCUT2D eigenvalue weighted by atomic mass is 9.85. The summed E-state index contributed by atoms with van der Waals surface area (Å²) in [5.74, 6) is -0.677. The second-order valence-electron chi connectivity index (χ2n) is 6.38. The fourth-order valence-corrected chi connectivity index (χ4v) is 3.36. The zero-order valence-corrected chi connectivity index (χ0v) is 14.1. The molecule has 1 aliphatic carbocycles. The molecule has 3 nitrogen and oxygen atoms in total. The molecule has 0 spiro atoms. The average Bonchev–Trinajstić information content (AvgIpc) is 2.64. The van der Waals surface area contributed by atoms with Crippen LogP contribution < -0.4 is 0 Å². The van der Waals surface area contributed by atoms with Crippen LogP contribution in [0.2, 0.25) is 0 Å². The van der Waals surface area contributed by atoms with Gasteiger partial charge in [-0.25, -0.2) is 4.79 Å². The molecule has 0 radical (unpaired) electrons. The third-order valence-corrected chi connectivity index (χ3v) is 4.58. The zero-order chi connectivity index (χ0) is 17.6. The Morgan fingerprint density at radius 3 is 1.96 bits per heavy atom. The van der Waals surface area contributed by atoms with Crippen molar-refractivity contribution in [1.82, 2.24) is 0 Å². The van der Waals surface area contributed by atoms with Crippen LogP contribution in [0.5, 0.6) is 5.75 Å². The third kappa shape index (κ3) is 4.38. The number of rotatable bonds is 4. The molecule has 2 aromatic rings. The number of phenolic OH excluding ortho intramolecular Hbond substituents is 1. The molecular weight excluding hydrogens is 312 g/mol. The van der Waals surface area contributed by atoms with Crippen LogP contribution in [-0.2, 0) is 4.79 Å². The van der Waals surface area contributed by atoms with E-state index in [-0.39, 0.29) is 5.75 Å². The molecular formula is C22H22O3. The van der Waals surface area contributed by atoms with E-state index < -0.39 is 5.97 Å². The number of carboxylic acid groups (broad SMARTS) is 1. The molecule has 1 saturated carbocycles. The van der Waals surface area contributed by atoms with Gasteiger partial charge in [-0.15, -0.1) is 0 Å². The smallest absolute Gasteiger partial charge is 0.328 e. The lowest BCUT2D eigenvalue weighted by Crippen LogP contribution is -2.00. The molecule has 0 unspecified atom stereocenters. The summed E-state index contributed by atoms with van der Waals surface area (Å²) < 4.78 is 0. The molecule has 3 heteroatoms. The molecule has 0 amide bonds. The van der Waals surface area contributed by atoms with Crippen molar-refractivity contribution in [1.29, 1.82) is 0 Å². The Morgan fingerprint density at radius 2 is 1.40 bits per heavy atom. The Labute approximate surface area is 148 Å². The first kappa shape index (κ1) is 17.0. The Morgan fingerprint density at radius 1 is 0.840 bits per heavy atom. The third-order valence-electron chi connectivity index (χ3n) is 4.58. The van der Waals surface area contributed by atoms with Crippen LogP contribution in [0, 0.1) is 0 Å². The number of aliphatic carboxylic acids is 1. The van der Waals surface area contributed by atoms with Crippen LogP contribution in [-0.4, -0.2) is 16.2 Å². The van der Waals surface area contributed by atoms with Crippen molar-refractivity contribution < 1.29 is 15.0 Å². The maximum absolute atomic E-state index is 10.7. The van der Waals surface area contributed by atoms with Crippen molar-refractivity contribution in [2.45, 2.75) is 32.1 Å². The average molecular weight is 334 g/mol. The molecule has 1 fully saturated rings. The lowest BCUT2D eigenvalue weighted by Gasteiger charge is -2.20. The van der Waals surface area contributed by atoms with E-state index in [0.29, 0.717) is 0 Å². The Hall–Kier alpha value is -2.81. The van der Waals surface area contributed by atoms with Gasteiger partial charge in [0.1, 0.15) is 5.75 Å². The minimum atomic E-state index is -0.946. The molecule has 2 N–H and O–H groups in total. The van der Waals surface area contributed by atoms with Crippen molar-refractivity contribution in [2.75, 3.05) is 0 Å². The van der Waals surface area contributed by atoms with E-state index >= 15 is 0 Å². The van der Waals surface area contributed by atoms with E-state index in [2.05, 4.69) is 0 Å². The van der Waals surface area contributed by atoms with E-state index in [9.17, 15) is 9.90 Å². The summed E-state index contributed by atoms with van der Waals surface area (Å²) in [6.45, 7) is 0. The van der Waals surface area contributed by atoms with Crippen LogP contribution in [0.15, 0.2) is 60.2 Å². The normalized spacial score (nSPS) is 14.6. The predicted octanol–water partition coefficient (Wildman–Crippen LogP) is 5.26. The minimum Gasteiger partial charge on any atom is -0.508 e. The fraction of sp³-hybridized carbons (Fsp3) is 0.227. The Kier molecular flexibility index (Phi) is 5.34. The first-order valence-corrected chi connectivity index (χ1v) is 8.66. The summed E-state index contributed by atoms with van der Waals surface area (Å²) in [4.78, 5) is 10.7. The van der Waals surface area contributed by atoms with E-state index in [1.807, 2.05) is 36.4 Å². The van der Waals surface area contributed by atoms with Gasteiger partial charge in [0.05, 0.1) is 0 Å². The molecule has 128 valence electrons. The molecule has 0 heterocycles. The molecule has 0 bridgehead atoms. The summed E-state index contributed by atoms with van der Waals surface area (Å²) in [6, 6.07) is 15.4. The molecule has 0 saturated heterocycles. The van der Waals surface area contributed by atoms with Crippen LogP contribution in [0.1, 0.15) is 48.8 Å². The van der Waals surface area contributed by atoms with E-state index in [1.54, 1.807) is 18.2 Å².